The molecule has 0 unspecified atom stereocenters. The monoisotopic (exact) mass is 178 g/mol. The molecule has 0 saturated heterocycles. The van der Waals surface area contributed by atoms with Gasteiger partial charge in [0.15, 0.2) is 0 Å². The van der Waals surface area contributed by atoms with Crippen molar-refractivity contribution in [3.8, 4) is 0 Å². The second kappa shape index (κ2) is 8.52. The molecule has 0 aliphatic heterocycles. The first-order valence-electron chi connectivity index (χ1n) is 2.83. The molecule has 5 heteroatoms. The molecule has 60 valence electrons. The molecule has 0 atom stereocenters. The van der Waals surface area contributed by atoms with Crippen molar-refractivity contribution in [2.45, 2.75) is 0 Å². The number of carbonyl (C=O) groups is 2. The molecule has 0 fully saturated rings. The maximum atomic E-state index is 10.5. The van der Waals surface area contributed by atoms with Gasteiger partial charge >= 0.3 is 35.5 Å². The molecule has 0 spiro atoms. The van der Waals surface area contributed by atoms with E-state index >= 15 is 0 Å². The second-order valence-electron chi connectivity index (χ2n) is 1.57. The summed E-state index contributed by atoms with van der Waals surface area (Å²) in [7, 11) is 0. The van der Waals surface area contributed by atoms with E-state index < -0.39 is 11.9 Å². The Balaban J connectivity index is 0. The number of ether oxygens (including phenoxy) is 1. The van der Waals surface area contributed by atoms with Crippen molar-refractivity contribution < 1.29 is 49.0 Å². The standard InChI is InChI=1S/C7H8O4.Na/c1-2-5-11-7(10)4-3-6(8)9;/h2-4H,1,5H2,(H,8,9);/q;+1/p-1. The third-order valence-corrected chi connectivity index (χ3v) is 0.699. The molecule has 0 radical (unpaired) electrons. The number of aliphatic carboxylic acids is 1. The van der Waals surface area contributed by atoms with Crippen molar-refractivity contribution in [2.75, 3.05) is 6.61 Å². The third-order valence-electron chi connectivity index (χ3n) is 0.699. The molecule has 0 aromatic carbocycles. The summed E-state index contributed by atoms with van der Waals surface area (Å²) >= 11 is 0. The van der Waals surface area contributed by atoms with Crippen molar-refractivity contribution in [3.63, 3.8) is 0 Å². The molecule has 0 aromatic rings. The number of carboxylic acids is 1. The first-order chi connectivity index (χ1) is 5.16. The smallest absolute Gasteiger partial charge is 0.545 e. The summed E-state index contributed by atoms with van der Waals surface area (Å²) in [6.07, 6.45) is 2.76. The average Bonchev–Trinajstić information content (AvgIpc) is 1.97. The maximum Gasteiger partial charge on any atom is 1.00 e. The fourth-order valence-electron chi connectivity index (χ4n) is 0.325. The summed E-state index contributed by atoms with van der Waals surface area (Å²) in [6, 6.07) is 0. The topological polar surface area (TPSA) is 66.4 Å². The minimum atomic E-state index is -1.43. The SMILES string of the molecule is C=CCOC(=O)C=CC(=O)[O-].[Na+]. The zero-order chi connectivity index (χ0) is 8.69. The molecule has 0 aromatic heterocycles. The fraction of sp³-hybridized carbons (Fsp3) is 0.143. The maximum absolute atomic E-state index is 10.5. The van der Waals surface area contributed by atoms with Gasteiger partial charge in [-0.15, -0.1) is 0 Å². The summed E-state index contributed by atoms with van der Waals surface area (Å²) in [5, 5.41) is 9.75. The number of rotatable bonds is 4. The Bertz CT molecular complexity index is 198. The number of carboxylic acid groups (broad SMARTS) is 1. The predicted octanol–water partition coefficient (Wildman–Crippen LogP) is -3.97. The molecular formula is C7H7NaO4. The van der Waals surface area contributed by atoms with Gasteiger partial charge in [-0.1, -0.05) is 12.7 Å². The predicted molar refractivity (Wildman–Crippen MR) is 35.3 cm³/mol. The molecule has 0 amide bonds. The number of hydrogen-bond donors (Lipinski definition) is 0. The zero-order valence-electron chi connectivity index (χ0n) is 6.78. The van der Waals surface area contributed by atoms with Crippen LogP contribution < -0.4 is 34.7 Å². The van der Waals surface area contributed by atoms with E-state index in [4.69, 9.17) is 0 Å². The van der Waals surface area contributed by atoms with Crippen molar-refractivity contribution in [2.24, 2.45) is 0 Å². The van der Waals surface area contributed by atoms with Crippen LogP contribution in [0.2, 0.25) is 0 Å². The van der Waals surface area contributed by atoms with Crippen LogP contribution in [0.15, 0.2) is 24.8 Å². The van der Waals surface area contributed by atoms with Crippen LogP contribution in [-0.4, -0.2) is 18.5 Å². The van der Waals surface area contributed by atoms with Gasteiger partial charge in [0.25, 0.3) is 0 Å². The van der Waals surface area contributed by atoms with Crippen LogP contribution in [0.4, 0.5) is 0 Å². The summed E-state index contributed by atoms with van der Waals surface area (Å²) in [4.78, 5) is 20.2. The van der Waals surface area contributed by atoms with E-state index in [1.807, 2.05) is 0 Å². The Morgan fingerprint density at radius 3 is 2.42 bits per heavy atom. The van der Waals surface area contributed by atoms with Gasteiger partial charge in [-0.05, 0) is 6.08 Å². The number of esters is 1. The first kappa shape index (κ1) is 14.0. The molecule has 0 rings (SSSR count). The normalized spacial score (nSPS) is 8.67. The quantitative estimate of drug-likeness (QED) is 0.190. The van der Waals surface area contributed by atoms with Gasteiger partial charge in [0.1, 0.15) is 6.61 Å². The molecule has 0 aliphatic carbocycles. The van der Waals surface area contributed by atoms with E-state index in [1.165, 1.54) is 6.08 Å². The molecule has 0 N–H and O–H groups in total. The van der Waals surface area contributed by atoms with Gasteiger partial charge < -0.3 is 14.6 Å². The second-order valence-corrected chi connectivity index (χ2v) is 1.57. The van der Waals surface area contributed by atoms with Gasteiger partial charge in [-0.3, -0.25) is 0 Å². The molecule has 0 saturated carbocycles. The van der Waals surface area contributed by atoms with E-state index in [2.05, 4.69) is 11.3 Å². The Hall–Kier alpha value is -0.580. The van der Waals surface area contributed by atoms with Crippen molar-refractivity contribution >= 4 is 11.9 Å². The van der Waals surface area contributed by atoms with E-state index in [-0.39, 0.29) is 36.2 Å². The molecule has 12 heavy (non-hydrogen) atoms. The van der Waals surface area contributed by atoms with Crippen molar-refractivity contribution in [1.82, 2.24) is 0 Å². The van der Waals surface area contributed by atoms with Crippen LogP contribution >= 0.6 is 0 Å². The van der Waals surface area contributed by atoms with E-state index in [0.717, 1.165) is 6.08 Å². The van der Waals surface area contributed by atoms with Crippen LogP contribution in [0.3, 0.4) is 0 Å². The van der Waals surface area contributed by atoms with Gasteiger partial charge in [-0.2, -0.15) is 0 Å². The van der Waals surface area contributed by atoms with E-state index in [1.54, 1.807) is 0 Å². The number of carbonyl (C=O) groups excluding carboxylic acids is 2. The Morgan fingerprint density at radius 2 is 2.00 bits per heavy atom. The van der Waals surface area contributed by atoms with Gasteiger partial charge in [0.2, 0.25) is 0 Å². The van der Waals surface area contributed by atoms with E-state index in [9.17, 15) is 14.7 Å². The molecular weight excluding hydrogens is 171 g/mol. The fourth-order valence-corrected chi connectivity index (χ4v) is 0.325. The van der Waals surface area contributed by atoms with Crippen LogP contribution in [0.25, 0.3) is 0 Å². The molecule has 4 nitrogen and oxygen atoms in total. The third kappa shape index (κ3) is 9.42. The van der Waals surface area contributed by atoms with Crippen LogP contribution in [-0.2, 0) is 14.3 Å². The van der Waals surface area contributed by atoms with Crippen LogP contribution in [0.5, 0.6) is 0 Å². The minimum absolute atomic E-state index is 0. The summed E-state index contributed by atoms with van der Waals surface area (Å²) < 4.78 is 4.41. The molecule has 0 heterocycles. The zero-order valence-corrected chi connectivity index (χ0v) is 8.78. The minimum Gasteiger partial charge on any atom is -0.545 e. The van der Waals surface area contributed by atoms with Crippen LogP contribution in [0.1, 0.15) is 0 Å². The number of hydrogen-bond acceptors (Lipinski definition) is 4. The van der Waals surface area contributed by atoms with Gasteiger partial charge in [-0.25, -0.2) is 4.79 Å². The van der Waals surface area contributed by atoms with Crippen LogP contribution in [0, 0.1) is 0 Å². The summed E-state index contributed by atoms with van der Waals surface area (Å²) in [5.41, 5.74) is 0. The molecule has 0 bridgehead atoms. The largest absolute Gasteiger partial charge is 1.00 e. The Kier molecular flexibility index (Phi) is 9.92. The average molecular weight is 178 g/mol. The summed E-state index contributed by atoms with van der Waals surface area (Å²) in [5.74, 6) is -2.16. The van der Waals surface area contributed by atoms with Crippen molar-refractivity contribution in [3.05, 3.63) is 24.8 Å². The van der Waals surface area contributed by atoms with Gasteiger partial charge in [0, 0.05) is 6.08 Å². The van der Waals surface area contributed by atoms with Crippen molar-refractivity contribution in [1.29, 1.82) is 0 Å². The Morgan fingerprint density at radius 1 is 1.42 bits per heavy atom. The first-order valence-corrected chi connectivity index (χ1v) is 2.83. The van der Waals surface area contributed by atoms with E-state index in [0.29, 0.717) is 6.08 Å². The summed E-state index contributed by atoms with van der Waals surface area (Å²) in [6.45, 7) is 3.36. The van der Waals surface area contributed by atoms with Gasteiger partial charge in [0.05, 0.1) is 5.97 Å². The molecule has 0 aliphatic rings. The Labute approximate surface area is 92.2 Å².